The van der Waals surface area contributed by atoms with Crippen LogP contribution < -0.4 is 4.90 Å². The highest BCUT2D eigenvalue weighted by atomic mass is 15.2. The Labute approximate surface area is 210 Å². The molecule has 3 heteroatoms. The van der Waals surface area contributed by atoms with Gasteiger partial charge in [-0.15, -0.1) is 0 Å². The van der Waals surface area contributed by atoms with E-state index >= 15 is 0 Å². The van der Waals surface area contributed by atoms with Gasteiger partial charge >= 0.3 is 0 Å². The van der Waals surface area contributed by atoms with Gasteiger partial charge in [0.15, 0.2) is 0 Å². The van der Waals surface area contributed by atoms with Crippen LogP contribution in [0.3, 0.4) is 0 Å². The number of para-hydroxylation sites is 2. The van der Waals surface area contributed by atoms with Crippen LogP contribution in [0.25, 0.3) is 32.8 Å². The van der Waals surface area contributed by atoms with Gasteiger partial charge in [-0.05, 0) is 63.4 Å². The standard InChI is InChI=1S/C33H25N3/c1-33(2)28-11-5-7-13-31(28)36(32-14-8-6-12-29(32)33)23-17-15-22(16-18-23)26-19-30-27(20-34-21-35-30)25-10-4-3-9-24(25)26/h3-21H,1-2H3. The van der Waals surface area contributed by atoms with Crippen LogP contribution >= 0.6 is 0 Å². The van der Waals surface area contributed by atoms with Gasteiger partial charge in [0.2, 0.25) is 0 Å². The van der Waals surface area contributed by atoms with Gasteiger partial charge in [0.1, 0.15) is 6.33 Å². The Morgan fingerprint density at radius 2 is 1.25 bits per heavy atom. The molecule has 172 valence electrons. The van der Waals surface area contributed by atoms with E-state index in [2.05, 4.69) is 132 Å². The zero-order chi connectivity index (χ0) is 24.3. The first-order valence-corrected chi connectivity index (χ1v) is 12.3. The van der Waals surface area contributed by atoms with Gasteiger partial charge in [-0.1, -0.05) is 86.6 Å². The van der Waals surface area contributed by atoms with Gasteiger partial charge in [-0.25, -0.2) is 9.97 Å². The predicted molar refractivity (Wildman–Crippen MR) is 149 cm³/mol. The van der Waals surface area contributed by atoms with E-state index in [-0.39, 0.29) is 5.41 Å². The fraction of sp³-hybridized carbons (Fsp3) is 0.0909. The number of anilines is 3. The molecule has 2 heterocycles. The average molecular weight is 464 g/mol. The Hall–Kier alpha value is -4.50. The highest BCUT2D eigenvalue weighted by Gasteiger charge is 2.36. The molecule has 0 amide bonds. The van der Waals surface area contributed by atoms with Crippen molar-refractivity contribution in [2.45, 2.75) is 19.3 Å². The van der Waals surface area contributed by atoms with Crippen LogP contribution in [0.1, 0.15) is 25.0 Å². The second kappa shape index (κ2) is 7.76. The Bertz CT molecular complexity index is 1720. The molecule has 6 aromatic rings. The zero-order valence-electron chi connectivity index (χ0n) is 20.3. The third-order valence-electron chi connectivity index (χ3n) is 7.60. The summed E-state index contributed by atoms with van der Waals surface area (Å²) in [7, 11) is 0. The van der Waals surface area contributed by atoms with Gasteiger partial charge < -0.3 is 4.90 Å². The maximum Gasteiger partial charge on any atom is 0.116 e. The summed E-state index contributed by atoms with van der Waals surface area (Å²) in [5, 5.41) is 3.47. The molecule has 0 spiro atoms. The summed E-state index contributed by atoms with van der Waals surface area (Å²) in [5.41, 5.74) is 9.57. The van der Waals surface area contributed by atoms with E-state index in [1.165, 1.54) is 44.4 Å². The van der Waals surface area contributed by atoms with Crippen molar-refractivity contribution in [2.24, 2.45) is 0 Å². The largest absolute Gasteiger partial charge is 0.310 e. The molecule has 3 nitrogen and oxygen atoms in total. The summed E-state index contributed by atoms with van der Waals surface area (Å²) in [5.74, 6) is 0. The van der Waals surface area contributed by atoms with Crippen LogP contribution in [0, 0.1) is 0 Å². The molecule has 0 N–H and O–H groups in total. The van der Waals surface area contributed by atoms with Crippen molar-refractivity contribution in [3.05, 3.63) is 127 Å². The van der Waals surface area contributed by atoms with Gasteiger partial charge in [0, 0.05) is 22.7 Å². The molecule has 0 unspecified atom stereocenters. The summed E-state index contributed by atoms with van der Waals surface area (Å²) < 4.78 is 0. The van der Waals surface area contributed by atoms with Crippen LogP contribution in [0.5, 0.6) is 0 Å². The molecule has 0 saturated carbocycles. The van der Waals surface area contributed by atoms with E-state index in [1.807, 2.05) is 6.20 Å². The van der Waals surface area contributed by atoms with Gasteiger partial charge in [0.25, 0.3) is 0 Å². The first-order valence-electron chi connectivity index (χ1n) is 12.3. The molecule has 1 aliphatic rings. The Morgan fingerprint density at radius 3 is 1.94 bits per heavy atom. The minimum absolute atomic E-state index is 0.0600. The molecule has 0 fully saturated rings. The van der Waals surface area contributed by atoms with E-state index in [1.54, 1.807) is 6.33 Å². The molecule has 0 radical (unpaired) electrons. The molecule has 0 aliphatic carbocycles. The summed E-state index contributed by atoms with van der Waals surface area (Å²) in [4.78, 5) is 11.2. The molecule has 1 aromatic heterocycles. The van der Waals surface area contributed by atoms with Crippen LogP contribution in [0.15, 0.2) is 116 Å². The van der Waals surface area contributed by atoms with Crippen molar-refractivity contribution in [1.29, 1.82) is 0 Å². The second-order valence-electron chi connectivity index (χ2n) is 9.97. The van der Waals surface area contributed by atoms with Crippen LogP contribution in [-0.2, 0) is 5.41 Å². The number of nitrogens with zero attached hydrogens (tertiary/aromatic N) is 3. The molecule has 36 heavy (non-hydrogen) atoms. The third-order valence-corrected chi connectivity index (χ3v) is 7.60. The van der Waals surface area contributed by atoms with E-state index in [0.717, 1.165) is 16.6 Å². The molecule has 1 aliphatic heterocycles. The number of aromatic nitrogens is 2. The van der Waals surface area contributed by atoms with E-state index in [0.29, 0.717) is 0 Å². The molecule has 0 saturated heterocycles. The minimum atomic E-state index is -0.0600. The van der Waals surface area contributed by atoms with Crippen molar-refractivity contribution >= 4 is 38.7 Å². The summed E-state index contributed by atoms with van der Waals surface area (Å²) in [6, 6.07) is 37.2. The first-order chi connectivity index (χ1) is 17.6. The topological polar surface area (TPSA) is 29.0 Å². The number of benzene rings is 5. The van der Waals surface area contributed by atoms with Crippen molar-refractivity contribution in [1.82, 2.24) is 9.97 Å². The van der Waals surface area contributed by atoms with Crippen LogP contribution in [-0.4, -0.2) is 9.97 Å². The highest BCUT2D eigenvalue weighted by molar-refractivity contribution is 6.12. The fourth-order valence-corrected chi connectivity index (χ4v) is 5.81. The maximum atomic E-state index is 4.55. The van der Waals surface area contributed by atoms with Crippen molar-refractivity contribution in [2.75, 3.05) is 4.90 Å². The lowest BCUT2D eigenvalue weighted by molar-refractivity contribution is 0.632. The van der Waals surface area contributed by atoms with Gasteiger partial charge in [-0.3, -0.25) is 0 Å². The average Bonchev–Trinajstić information content (AvgIpc) is 2.93. The van der Waals surface area contributed by atoms with Crippen molar-refractivity contribution < 1.29 is 0 Å². The summed E-state index contributed by atoms with van der Waals surface area (Å²) in [6.45, 7) is 4.64. The van der Waals surface area contributed by atoms with E-state index < -0.39 is 0 Å². The lowest BCUT2D eigenvalue weighted by Crippen LogP contribution is -2.30. The highest BCUT2D eigenvalue weighted by Crippen LogP contribution is 2.51. The number of fused-ring (bicyclic) bond motifs is 5. The Kier molecular flexibility index (Phi) is 4.49. The monoisotopic (exact) mass is 463 g/mol. The third kappa shape index (κ3) is 2.99. The summed E-state index contributed by atoms with van der Waals surface area (Å²) >= 11 is 0. The molecule has 5 aromatic carbocycles. The molecule has 0 bridgehead atoms. The van der Waals surface area contributed by atoms with Crippen LogP contribution in [0.4, 0.5) is 17.1 Å². The quantitative estimate of drug-likeness (QED) is 0.241. The second-order valence-corrected chi connectivity index (χ2v) is 9.97. The van der Waals surface area contributed by atoms with Gasteiger partial charge in [0.05, 0.1) is 16.9 Å². The zero-order valence-corrected chi connectivity index (χ0v) is 20.3. The minimum Gasteiger partial charge on any atom is -0.310 e. The number of rotatable bonds is 2. The lowest BCUT2D eigenvalue weighted by Gasteiger charge is -2.42. The SMILES string of the molecule is CC1(C)c2ccccc2N(c2ccc(-c3cc4ncncc4c4ccccc34)cc2)c2ccccc21. The first kappa shape index (κ1) is 20.8. The predicted octanol–water partition coefficient (Wildman–Crippen LogP) is 8.56. The van der Waals surface area contributed by atoms with E-state index in [4.69, 9.17) is 0 Å². The number of hydrogen-bond donors (Lipinski definition) is 0. The van der Waals surface area contributed by atoms with Crippen molar-refractivity contribution in [3.63, 3.8) is 0 Å². The fourth-order valence-electron chi connectivity index (χ4n) is 5.81. The smallest absolute Gasteiger partial charge is 0.116 e. The molecular weight excluding hydrogens is 438 g/mol. The number of hydrogen-bond acceptors (Lipinski definition) is 3. The molecular formula is C33H25N3. The van der Waals surface area contributed by atoms with E-state index in [9.17, 15) is 0 Å². The van der Waals surface area contributed by atoms with Gasteiger partial charge in [-0.2, -0.15) is 0 Å². The lowest BCUT2D eigenvalue weighted by atomic mass is 9.73. The molecule has 0 atom stereocenters. The normalized spacial score (nSPS) is 14.0. The maximum absolute atomic E-state index is 4.55. The Balaban J connectivity index is 1.40. The van der Waals surface area contributed by atoms with Crippen LogP contribution in [0.2, 0.25) is 0 Å². The molecule has 7 rings (SSSR count). The van der Waals surface area contributed by atoms with Crippen molar-refractivity contribution in [3.8, 4) is 11.1 Å². The Morgan fingerprint density at radius 1 is 0.639 bits per heavy atom. The summed E-state index contributed by atoms with van der Waals surface area (Å²) in [6.07, 6.45) is 3.53.